The summed E-state index contributed by atoms with van der Waals surface area (Å²) in [6.45, 7) is 8.83. The number of hydrogen-bond donors (Lipinski definition) is 3. The molecule has 0 aliphatic heterocycles. The van der Waals surface area contributed by atoms with E-state index in [0.717, 1.165) is 42.3 Å². The monoisotopic (exact) mass is 341 g/mol. The molecule has 6 heteroatoms. The Kier molecular flexibility index (Phi) is 6.74. The smallest absolute Gasteiger partial charge is 0.229 e. The lowest BCUT2D eigenvalue weighted by molar-refractivity contribution is -0.120. The quantitative estimate of drug-likeness (QED) is 0.666. The predicted octanol–water partition coefficient (Wildman–Crippen LogP) is 4.34. The second-order valence-corrected chi connectivity index (χ2v) is 5.95. The third kappa shape index (κ3) is 5.45. The highest BCUT2D eigenvalue weighted by atomic mass is 16.1. The summed E-state index contributed by atoms with van der Waals surface area (Å²) in [5, 5.41) is 9.34. The van der Waals surface area contributed by atoms with Gasteiger partial charge in [0.05, 0.1) is 0 Å². The molecule has 2 rings (SSSR count). The number of carbonyl (C=O) groups excluding carboxylic acids is 1. The van der Waals surface area contributed by atoms with Crippen LogP contribution in [-0.4, -0.2) is 22.4 Å². The van der Waals surface area contributed by atoms with E-state index in [1.165, 1.54) is 0 Å². The first-order chi connectivity index (χ1) is 12.0. The number of anilines is 4. The molecule has 0 atom stereocenters. The van der Waals surface area contributed by atoms with Crippen molar-refractivity contribution in [2.45, 2.75) is 40.5 Å². The lowest BCUT2D eigenvalue weighted by Gasteiger charge is -2.13. The van der Waals surface area contributed by atoms with Crippen LogP contribution in [0.1, 0.15) is 39.3 Å². The number of aromatic nitrogens is 2. The van der Waals surface area contributed by atoms with Gasteiger partial charge >= 0.3 is 0 Å². The number of nitrogens with zero attached hydrogens (tertiary/aromatic N) is 2. The molecule has 0 unspecified atom stereocenters. The lowest BCUT2D eigenvalue weighted by atomic mass is 10.0. The zero-order valence-electron chi connectivity index (χ0n) is 15.4. The minimum absolute atomic E-state index is 0.0583. The highest BCUT2D eigenvalue weighted by Gasteiger charge is 2.13. The van der Waals surface area contributed by atoms with E-state index in [-0.39, 0.29) is 11.8 Å². The molecule has 0 fully saturated rings. The summed E-state index contributed by atoms with van der Waals surface area (Å²) in [7, 11) is 0. The minimum atomic E-state index is 0.0583. The van der Waals surface area contributed by atoms with Crippen molar-refractivity contribution < 1.29 is 4.79 Å². The van der Waals surface area contributed by atoms with E-state index in [1.54, 1.807) is 0 Å². The summed E-state index contributed by atoms with van der Waals surface area (Å²) in [6, 6.07) is 9.47. The van der Waals surface area contributed by atoms with Gasteiger partial charge in [-0.1, -0.05) is 13.8 Å². The predicted molar refractivity (Wildman–Crippen MR) is 103 cm³/mol. The van der Waals surface area contributed by atoms with Gasteiger partial charge in [0.15, 0.2) is 0 Å². The SMILES string of the molecule is CCNc1cc(C)nc(Nc2ccc(NC(=O)C(CC)CC)cc2)n1. The molecule has 3 N–H and O–H groups in total. The third-order valence-electron chi connectivity index (χ3n) is 3.98. The van der Waals surface area contributed by atoms with Crippen LogP contribution in [0.25, 0.3) is 0 Å². The molecule has 1 heterocycles. The molecule has 2 aromatic rings. The molecule has 0 spiro atoms. The Balaban J connectivity index is 2.04. The molecule has 0 radical (unpaired) electrons. The van der Waals surface area contributed by atoms with Gasteiger partial charge in [0.2, 0.25) is 11.9 Å². The van der Waals surface area contributed by atoms with Crippen molar-refractivity contribution in [1.82, 2.24) is 9.97 Å². The average Bonchev–Trinajstić information content (AvgIpc) is 2.57. The Morgan fingerprint density at radius 2 is 1.68 bits per heavy atom. The Bertz CT molecular complexity index is 695. The van der Waals surface area contributed by atoms with Crippen molar-refractivity contribution in [2.24, 2.45) is 5.92 Å². The topological polar surface area (TPSA) is 78.9 Å². The van der Waals surface area contributed by atoms with Gasteiger partial charge in [-0.3, -0.25) is 4.79 Å². The van der Waals surface area contributed by atoms with Crippen molar-refractivity contribution in [3.05, 3.63) is 36.0 Å². The Hall–Kier alpha value is -2.63. The van der Waals surface area contributed by atoms with E-state index in [1.807, 2.05) is 58.0 Å². The van der Waals surface area contributed by atoms with Crippen molar-refractivity contribution in [1.29, 1.82) is 0 Å². The first kappa shape index (κ1) is 18.7. The van der Waals surface area contributed by atoms with Crippen LogP contribution < -0.4 is 16.0 Å². The first-order valence-electron chi connectivity index (χ1n) is 8.83. The van der Waals surface area contributed by atoms with E-state index in [0.29, 0.717) is 5.95 Å². The largest absolute Gasteiger partial charge is 0.370 e. The molecule has 0 aliphatic rings. The van der Waals surface area contributed by atoms with Crippen molar-refractivity contribution in [2.75, 3.05) is 22.5 Å². The zero-order valence-corrected chi connectivity index (χ0v) is 15.4. The fourth-order valence-corrected chi connectivity index (χ4v) is 2.57. The Morgan fingerprint density at radius 3 is 2.28 bits per heavy atom. The van der Waals surface area contributed by atoms with Crippen LogP contribution in [0.2, 0.25) is 0 Å². The Morgan fingerprint density at radius 1 is 1.04 bits per heavy atom. The first-order valence-corrected chi connectivity index (χ1v) is 8.83. The van der Waals surface area contributed by atoms with Crippen LogP contribution in [0.3, 0.4) is 0 Å². The summed E-state index contributed by atoms with van der Waals surface area (Å²) in [4.78, 5) is 21.0. The normalized spacial score (nSPS) is 10.6. The molecule has 134 valence electrons. The zero-order chi connectivity index (χ0) is 18.2. The number of benzene rings is 1. The van der Waals surface area contributed by atoms with Crippen LogP contribution in [-0.2, 0) is 4.79 Å². The van der Waals surface area contributed by atoms with Gasteiger partial charge in [-0.2, -0.15) is 4.98 Å². The molecular weight excluding hydrogens is 314 g/mol. The lowest BCUT2D eigenvalue weighted by Crippen LogP contribution is -2.21. The van der Waals surface area contributed by atoms with Crippen molar-refractivity contribution >= 4 is 29.0 Å². The molecular formula is C19H27N5O. The van der Waals surface area contributed by atoms with Gasteiger partial charge in [-0.15, -0.1) is 0 Å². The maximum absolute atomic E-state index is 12.1. The second-order valence-electron chi connectivity index (χ2n) is 5.95. The van der Waals surface area contributed by atoms with Gasteiger partial charge < -0.3 is 16.0 Å². The summed E-state index contributed by atoms with van der Waals surface area (Å²) in [6.07, 6.45) is 1.70. The number of rotatable bonds is 8. The molecule has 1 aromatic heterocycles. The van der Waals surface area contributed by atoms with Gasteiger partial charge in [0, 0.05) is 35.6 Å². The van der Waals surface area contributed by atoms with Crippen LogP contribution in [0.4, 0.5) is 23.1 Å². The van der Waals surface area contributed by atoms with E-state index < -0.39 is 0 Å². The van der Waals surface area contributed by atoms with Gasteiger partial charge in [-0.05, 0) is 51.0 Å². The van der Waals surface area contributed by atoms with Crippen LogP contribution in [0.5, 0.6) is 0 Å². The number of carbonyl (C=O) groups is 1. The van der Waals surface area contributed by atoms with Crippen LogP contribution in [0.15, 0.2) is 30.3 Å². The molecule has 1 aromatic carbocycles. The summed E-state index contributed by atoms with van der Waals surface area (Å²) >= 11 is 0. The van der Waals surface area contributed by atoms with Crippen LogP contribution >= 0.6 is 0 Å². The van der Waals surface area contributed by atoms with E-state index in [4.69, 9.17) is 0 Å². The number of nitrogens with one attached hydrogen (secondary N) is 3. The standard InChI is InChI=1S/C19H27N5O/c1-5-14(6-2)18(25)22-15-8-10-16(11-9-15)23-19-21-13(4)12-17(24-19)20-7-3/h8-12,14H,5-7H2,1-4H3,(H,22,25)(H2,20,21,23,24). The molecule has 0 bridgehead atoms. The Labute approximate surface area is 149 Å². The molecule has 0 saturated carbocycles. The van der Waals surface area contributed by atoms with Crippen molar-refractivity contribution in [3.8, 4) is 0 Å². The van der Waals surface area contributed by atoms with Crippen molar-refractivity contribution in [3.63, 3.8) is 0 Å². The molecule has 0 saturated heterocycles. The maximum Gasteiger partial charge on any atom is 0.229 e. The highest BCUT2D eigenvalue weighted by Crippen LogP contribution is 2.19. The van der Waals surface area contributed by atoms with E-state index in [9.17, 15) is 4.79 Å². The molecule has 25 heavy (non-hydrogen) atoms. The summed E-state index contributed by atoms with van der Waals surface area (Å²) in [5.41, 5.74) is 2.55. The third-order valence-corrected chi connectivity index (χ3v) is 3.98. The summed E-state index contributed by atoms with van der Waals surface area (Å²) in [5.74, 6) is 1.47. The maximum atomic E-state index is 12.1. The van der Waals surface area contributed by atoms with Crippen LogP contribution in [0, 0.1) is 12.8 Å². The second kappa shape index (κ2) is 9.01. The fraction of sp³-hybridized carbons (Fsp3) is 0.421. The highest BCUT2D eigenvalue weighted by molar-refractivity contribution is 5.92. The van der Waals surface area contributed by atoms with Gasteiger partial charge in [0.1, 0.15) is 5.82 Å². The number of hydrogen-bond acceptors (Lipinski definition) is 5. The fourth-order valence-electron chi connectivity index (χ4n) is 2.57. The number of amides is 1. The molecule has 6 nitrogen and oxygen atoms in total. The van der Waals surface area contributed by atoms with Gasteiger partial charge in [0.25, 0.3) is 0 Å². The molecule has 1 amide bonds. The van der Waals surface area contributed by atoms with E-state index >= 15 is 0 Å². The van der Waals surface area contributed by atoms with E-state index in [2.05, 4.69) is 25.9 Å². The number of aryl methyl sites for hydroxylation is 1. The average molecular weight is 341 g/mol. The molecule has 0 aliphatic carbocycles. The summed E-state index contributed by atoms with van der Waals surface area (Å²) < 4.78 is 0. The van der Waals surface area contributed by atoms with Gasteiger partial charge in [-0.25, -0.2) is 4.98 Å². The minimum Gasteiger partial charge on any atom is -0.370 e.